The number of hydrazone groups is 1. The SMILES string of the molecule is Cc1ccsc1C=NNc1ccc(S(N)(=O)=O)cc1. The summed E-state index contributed by atoms with van der Waals surface area (Å²) in [6.45, 7) is 2.01. The standard InChI is InChI=1S/C12H13N3O2S2/c1-9-6-7-18-12(9)8-14-15-10-2-4-11(5-3-10)19(13,16)17/h2-8,15H,1H3,(H2,13,16,17). The lowest BCUT2D eigenvalue weighted by Crippen LogP contribution is -2.11. The molecule has 0 aliphatic rings. The average molecular weight is 295 g/mol. The quantitative estimate of drug-likeness (QED) is 0.669. The van der Waals surface area contributed by atoms with Crippen molar-refractivity contribution in [3.05, 3.63) is 46.2 Å². The molecular weight excluding hydrogens is 282 g/mol. The Balaban J connectivity index is 2.05. The summed E-state index contributed by atoms with van der Waals surface area (Å²) in [5.41, 5.74) is 4.69. The third kappa shape index (κ3) is 3.63. The fourth-order valence-electron chi connectivity index (χ4n) is 1.40. The predicted octanol–water partition coefficient (Wildman–Crippen LogP) is 2.15. The van der Waals surface area contributed by atoms with Gasteiger partial charge in [0.05, 0.1) is 16.8 Å². The van der Waals surface area contributed by atoms with Crippen molar-refractivity contribution < 1.29 is 8.42 Å². The van der Waals surface area contributed by atoms with Crippen LogP contribution in [-0.4, -0.2) is 14.6 Å². The van der Waals surface area contributed by atoms with Crippen molar-refractivity contribution in [2.75, 3.05) is 5.43 Å². The van der Waals surface area contributed by atoms with Crippen molar-refractivity contribution in [2.24, 2.45) is 10.2 Å². The van der Waals surface area contributed by atoms with Crippen LogP contribution in [0, 0.1) is 6.92 Å². The van der Waals surface area contributed by atoms with Gasteiger partial charge in [0.1, 0.15) is 0 Å². The number of primary sulfonamides is 1. The van der Waals surface area contributed by atoms with E-state index in [0.29, 0.717) is 5.69 Å². The van der Waals surface area contributed by atoms with Gasteiger partial charge in [-0.3, -0.25) is 5.43 Å². The second-order valence-electron chi connectivity index (χ2n) is 3.91. The number of aryl methyl sites for hydroxylation is 1. The fraction of sp³-hybridized carbons (Fsp3) is 0.0833. The summed E-state index contributed by atoms with van der Waals surface area (Å²) in [6.07, 6.45) is 1.73. The second-order valence-corrected chi connectivity index (χ2v) is 6.42. The van der Waals surface area contributed by atoms with E-state index >= 15 is 0 Å². The number of nitrogens with one attached hydrogen (secondary N) is 1. The third-order valence-electron chi connectivity index (χ3n) is 2.46. The summed E-state index contributed by atoms with van der Waals surface area (Å²) in [5.74, 6) is 0. The van der Waals surface area contributed by atoms with E-state index in [1.807, 2.05) is 18.4 Å². The second kappa shape index (κ2) is 5.52. The van der Waals surface area contributed by atoms with Crippen molar-refractivity contribution in [2.45, 2.75) is 11.8 Å². The number of nitrogens with zero attached hydrogens (tertiary/aromatic N) is 1. The molecule has 0 unspecified atom stereocenters. The summed E-state index contributed by atoms with van der Waals surface area (Å²) in [6, 6.07) is 8.11. The van der Waals surface area contributed by atoms with Crippen LogP contribution in [0.15, 0.2) is 45.7 Å². The Morgan fingerprint density at radius 1 is 1.26 bits per heavy atom. The van der Waals surface area contributed by atoms with Gasteiger partial charge in [0.15, 0.2) is 0 Å². The number of hydrogen-bond acceptors (Lipinski definition) is 5. The molecule has 3 N–H and O–H groups in total. The molecule has 1 aromatic carbocycles. The first-order chi connectivity index (χ1) is 8.97. The van der Waals surface area contributed by atoms with Crippen LogP contribution in [0.2, 0.25) is 0 Å². The van der Waals surface area contributed by atoms with Crippen LogP contribution in [0.4, 0.5) is 5.69 Å². The maximum absolute atomic E-state index is 11.1. The van der Waals surface area contributed by atoms with Gasteiger partial charge in [-0.15, -0.1) is 11.3 Å². The smallest absolute Gasteiger partial charge is 0.238 e. The van der Waals surface area contributed by atoms with Gasteiger partial charge >= 0.3 is 0 Å². The van der Waals surface area contributed by atoms with E-state index in [4.69, 9.17) is 5.14 Å². The van der Waals surface area contributed by atoms with E-state index in [1.54, 1.807) is 29.7 Å². The summed E-state index contributed by atoms with van der Waals surface area (Å²) in [4.78, 5) is 1.16. The van der Waals surface area contributed by atoms with Gasteiger partial charge in [-0.25, -0.2) is 13.6 Å². The van der Waals surface area contributed by atoms with Crippen molar-refractivity contribution in [1.29, 1.82) is 0 Å². The van der Waals surface area contributed by atoms with E-state index in [9.17, 15) is 8.42 Å². The summed E-state index contributed by atoms with van der Waals surface area (Å²) >= 11 is 1.61. The van der Waals surface area contributed by atoms with E-state index < -0.39 is 10.0 Å². The molecule has 2 aromatic rings. The number of hydrogen-bond donors (Lipinski definition) is 2. The van der Waals surface area contributed by atoms with Crippen molar-refractivity contribution in [3.8, 4) is 0 Å². The highest BCUT2D eigenvalue weighted by molar-refractivity contribution is 7.89. The van der Waals surface area contributed by atoms with E-state index in [-0.39, 0.29) is 4.90 Å². The Hall–Kier alpha value is -1.70. The van der Waals surface area contributed by atoms with E-state index in [1.165, 1.54) is 17.7 Å². The van der Waals surface area contributed by atoms with Crippen molar-refractivity contribution >= 4 is 33.3 Å². The molecular formula is C12H13N3O2S2. The number of thiophene rings is 1. The Morgan fingerprint density at radius 2 is 1.95 bits per heavy atom. The first-order valence-corrected chi connectivity index (χ1v) is 7.85. The third-order valence-corrected chi connectivity index (χ3v) is 4.34. The molecule has 0 spiro atoms. The fourth-order valence-corrected chi connectivity index (χ4v) is 2.70. The Bertz CT molecular complexity index is 688. The average Bonchev–Trinajstić information content (AvgIpc) is 2.75. The highest BCUT2D eigenvalue weighted by Gasteiger charge is 2.06. The molecule has 0 bridgehead atoms. The zero-order valence-electron chi connectivity index (χ0n) is 10.2. The maximum atomic E-state index is 11.1. The van der Waals surface area contributed by atoms with E-state index in [2.05, 4.69) is 10.5 Å². The van der Waals surface area contributed by atoms with Crippen LogP contribution in [-0.2, 0) is 10.0 Å². The minimum Gasteiger partial charge on any atom is -0.278 e. The molecule has 19 heavy (non-hydrogen) atoms. The minimum atomic E-state index is -3.65. The van der Waals surface area contributed by atoms with Crippen LogP contribution in [0.1, 0.15) is 10.4 Å². The van der Waals surface area contributed by atoms with Crippen LogP contribution >= 0.6 is 11.3 Å². The Labute approximate surface area is 115 Å². The van der Waals surface area contributed by atoms with Gasteiger partial charge in [0.25, 0.3) is 0 Å². The lowest BCUT2D eigenvalue weighted by atomic mass is 10.3. The molecule has 0 saturated carbocycles. The Morgan fingerprint density at radius 3 is 2.47 bits per heavy atom. The van der Waals surface area contributed by atoms with E-state index in [0.717, 1.165) is 4.88 Å². The molecule has 0 fully saturated rings. The van der Waals surface area contributed by atoms with Gasteiger partial charge in [0, 0.05) is 4.88 Å². The van der Waals surface area contributed by atoms with Gasteiger partial charge in [-0.05, 0) is 48.2 Å². The summed E-state index contributed by atoms with van der Waals surface area (Å²) in [7, 11) is -3.65. The summed E-state index contributed by atoms with van der Waals surface area (Å²) in [5, 5.41) is 11.1. The Kier molecular flexibility index (Phi) is 3.98. The summed E-state index contributed by atoms with van der Waals surface area (Å²) < 4.78 is 22.2. The molecule has 0 amide bonds. The minimum absolute atomic E-state index is 0.0798. The van der Waals surface area contributed by atoms with Crippen LogP contribution in [0.3, 0.4) is 0 Å². The highest BCUT2D eigenvalue weighted by atomic mass is 32.2. The largest absolute Gasteiger partial charge is 0.278 e. The molecule has 100 valence electrons. The lowest BCUT2D eigenvalue weighted by Gasteiger charge is -2.01. The number of nitrogens with two attached hydrogens (primary N) is 1. The molecule has 7 heteroatoms. The molecule has 5 nitrogen and oxygen atoms in total. The number of anilines is 1. The molecule has 0 radical (unpaired) electrons. The first-order valence-electron chi connectivity index (χ1n) is 5.43. The topological polar surface area (TPSA) is 84.5 Å². The van der Waals surface area contributed by atoms with Gasteiger partial charge in [0.2, 0.25) is 10.0 Å². The van der Waals surface area contributed by atoms with Crippen molar-refractivity contribution in [1.82, 2.24) is 0 Å². The molecule has 1 aromatic heterocycles. The van der Waals surface area contributed by atoms with Crippen LogP contribution in [0.5, 0.6) is 0 Å². The maximum Gasteiger partial charge on any atom is 0.238 e. The molecule has 0 aliphatic carbocycles. The van der Waals surface area contributed by atoms with Crippen LogP contribution < -0.4 is 10.6 Å². The molecule has 0 saturated heterocycles. The van der Waals surface area contributed by atoms with Crippen molar-refractivity contribution in [3.63, 3.8) is 0 Å². The zero-order chi connectivity index (χ0) is 13.9. The molecule has 0 aliphatic heterocycles. The number of rotatable bonds is 4. The normalized spacial score (nSPS) is 11.9. The lowest BCUT2D eigenvalue weighted by molar-refractivity contribution is 0.598. The van der Waals surface area contributed by atoms with Gasteiger partial charge in [-0.1, -0.05) is 0 Å². The van der Waals surface area contributed by atoms with Crippen LogP contribution in [0.25, 0.3) is 0 Å². The monoisotopic (exact) mass is 295 g/mol. The molecule has 2 rings (SSSR count). The molecule has 0 atom stereocenters. The number of sulfonamides is 1. The highest BCUT2D eigenvalue weighted by Crippen LogP contribution is 2.14. The number of benzene rings is 1. The molecule has 1 heterocycles. The predicted molar refractivity (Wildman–Crippen MR) is 78.1 cm³/mol. The van der Waals surface area contributed by atoms with Gasteiger partial charge < -0.3 is 0 Å². The van der Waals surface area contributed by atoms with Gasteiger partial charge in [-0.2, -0.15) is 5.10 Å². The zero-order valence-corrected chi connectivity index (χ0v) is 11.8. The first kappa shape index (κ1) is 13.7.